The SMILES string of the molecule is Brc1ccc2c(c1)Cc1ccccc1-2.Brc1ccccc1.C.CC1(C)c2ccccc2-c2ccc(Br)cc21.Clc1ccc2c(-c3ccccc3)c3ccccc3c(-c3ccccc3)c2c1.O=C1c2ccccc2C(=O)c2cc(Cl)ccc21.OB(O)c1ccc2c(-c3ccccc3)c3ccccc3c(-c3ccccc3)c2c1.OC1(c2ccccc2)c2ccccc2C(O)(c2ccccc2)c2cc(Cl)ccc21.[CH2-]CCC.[Li+]. The van der Waals surface area contributed by atoms with Gasteiger partial charge in [0.2, 0.25) is 0 Å². The van der Waals surface area contributed by atoms with Crippen molar-refractivity contribution >= 4 is 150 Å². The third-order valence-corrected chi connectivity index (χ3v) is 28.9. The molecule has 21 aromatic rings. The molecule has 0 aromatic heterocycles. The maximum Gasteiger partial charge on any atom is 1.00 e. The first-order valence-corrected chi connectivity index (χ1v) is 51.0. The van der Waals surface area contributed by atoms with E-state index < -0.39 is 18.3 Å². The van der Waals surface area contributed by atoms with Gasteiger partial charge in [-0.05, 0) is 251 Å². The summed E-state index contributed by atoms with van der Waals surface area (Å²) in [5, 5.41) is 55.0. The zero-order valence-electron chi connectivity index (χ0n) is 79.7. The van der Waals surface area contributed by atoms with Gasteiger partial charge >= 0.3 is 26.0 Å². The zero-order valence-corrected chi connectivity index (χ0v) is 86.8. The Hall–Kier alpha value is -13.2. The normalized spacial score (nSPS) is 13.9. The smallest absolute Gasteiger partial charge is 0.423 e. The van der Waals surface area contributed by atoms with E-state index in [2.05, 4.69) is 306 Å². The molecule has 0 fully saturated rings. The first-order valence-electron chi connectivity index (χ1n) is 47.5. The second-order valence-electron chi connectivity index (χ2n) is 35.9. The van der Waals surface area contributed by atoms with E-state index in [0.29, 0.717) is 60.0 Å². The van der Waals surface area contributed by atoms with Crippen molar-refractivity contribution in [3.8, 4) is 66.8 Å². The van der Waals surface area contributed by atoms with Crippen molar-refractivity contribution in [3.63, 3.8) is 0 Å². The van der Waals surface area contributed by atoms with Gasteiger partial charge in [0.25, 0.3) is 0 Å². The molecular formula is C131H102BBr3Cl3LiO6. The summed E-state index contributed by atoms with van der Waals surface area (Å²) in [6.45, 7) is 10.3. The molecule has 2 atom stereocenters. The van der Waals surface area contributed by atoms with Crippen molar-refractivity contribution in [3.05, 3.63) is 580 Å². The van der Waals surface area contributed by atoms with Gasteiger partial charge in [-0.3, -0.25) is 9.59 Å². The summed E-state index contributed by atoms with van der Waals surface area (Å²) in [4.78, 5) is 24.4. The van der Waals surface area contributed by atoms with E-state index in [-0.39, 0.29) is 43.3 Å². The summed E-state index contributed by atoms with van der Waals surface area (Å²) in [6.07, 6.45) is 3.35. The Morgan fingerprint density at radius 3 is 1.08 bits per heavy atom. The molecule has 6 nitrogen and oxygen atoms in total. The van der Waals surface area contributed by atoms with Gasteiger partial charge in [-0.15, -0.1) is 0 Å². The van der Waals surface area contributed by atoms with E-state index in [1.165, 1.54) is 105 Å². The van der Waals surface area contributed by atoms with Crippen LogP contribution in [0.15, 0.2) is 481 Å². The number of benzene rings is 21. The van der Waals surface area contributed by atoms with Gasteiger partial charge in [0, 0.05) is 61.7 Å². The van der Waals surface area contributed by atoms with Crippen LogP contribution in [0.3, 0.4) is 0 Å². The molecule has 4 N–H and O–H groups in total. The van der Waals surface area contributed by atoms with Crippen LogP contribution >= 0.6 is 82.6 Å². The Labute approximate surface area is 901 Å². The largest absolute Gasteiger partial charge is 1.00 e. The van der Waals surface area contributed by atoms with Crippen LogP contribution in [-0.4, -0.2) is 38.9 Å². The second-order valence-corrected chi connectivity index (χ2v) is 39.9. The molecule has 4 aliphatic carbocycles. The van der Waals surface area contributed by atoms with Crippen LogP contribution in [0.2, 0.25) is 15.1 Å². The van der Waals surface area contributed by atoms with Crippen LogP contribution in [0, 0.1) is 6.92 Å². The average Bonchev–Trinajstić information content (AvgIpc) is 1.27. The monoisotopic (exact) mass is 2130 g/mol. The Balaban J connectivity index is 0.000000124. The van der Waals surface area contributed by atoms with E-state index in [9.17, 15) is 29.9 Å². The summed E-state index contributed by atoms with van der Waals surface area (Å²) >= 11 is 29.0. The van der Waals surface area contributed by atoms with Gasteiger partial charge in [-0.1, -0.05) is 505 Å². The first kappa shape index (κ1) is 105. The Kier molecular flexibility index (Phi) is 33.8. The third kappa shape index (κ3) is 21.8. The number of carbonyl (C=O) groups is 2. The molecule has 2 unspecified atom stereocenters. The molecule has 0 saturated heterocycles. The fourth-order valence-corrected chi connectivity index (χ4v) is 21.6. The molecule has 708 valence electrons. The van der Waals surface area contributed by atoms with Crippen LogP contribution < -0.4 is 24.3 Å². The number of hydrogen-bond donors (Lipinski definition) is 4. The second kappa shape index (κ2) is 46.9. The van der Waals surface area contributed by atoms with Gasteiger partial charge in [-0.2, -0.15) is 6.42 Å². The van der Waals surface area contributed by atoms with Crippen molar-refractivity contribution in [2.75, 3.05) is 0 Å². The van der Waals surface area contributed by atoms with Crippen molar-refractivity contribution in [1.29, 1.82) is 0 Å². The number of unbranched alkanes of at least 4 members (excludes halogenated alkanes) is 1. The van der Waals surface area contributed by atoms with Crippen molar-refractivity contribution in [1.82, 2.24) is 0 Å². The van der Waals surface area contributed by atoms with E-state index in [4.69, 9.17) is 34.8 Å². The minimum Gasteiger partial charge on any atom is -0.423 e. The predicted octanol–water partition coefficient (Wildman–Crippen LogP) is 31.8. The Morgan fingerprint density at radius 1 is 0.290 bits per heavy atom. The quantitative estimate of drug-likeness (QED) is 0.0684. The first-order chi connectivity index (χ1) is 69.6. The van der Waals surface area contributed by atoms with Gasteiger partial charge < -0.3 is 27.2 Å². The van der Waals surface area contributed by atoms with E-state index >= 15 is 0 Å². The van der Waals surface area contributed by atoms with Crippen LogP contribution in [0.4, 0.5) is 0 Å². The molecule has 0 spiro atoms. The fourth-order valence-electron chi connectivity index (χ4n) is 20.0. The Bertz CT molecular complexity index is 8230. The molecular weight excluding hydrogens is 2030 g/mol. The van der Waals surface area contributed by atoms with E-state index in [1.54, 1.807) is 60.7 Å². The molecule has 21 aromatic carbocycles. The predicted molar refractivity (Wildman–Crippen MR) is 614 cm³/mol. The van der Waals surface area contributed by atoms with Crippen LogP contribution in [-0.2, 0) is 23.0 Å². The number of hydrogen-bond acceptors (Lipinski definition) is 6. The van der Waals surface area contributed by atoms with Gasteiger partial charge in [0.05, 0.1) is 0 Å². The van der Waals surface area contributed by atoms with Crippen molar-refractivity contribution in [2.45, 2.75) is 64.1 Å². The summed E-state index contributed by atoms with van der Waals surface area (Å²) in [5.74, 6) is -0.260. The number of rotatable bonds is 8. The van der Waals surface area contributed by atoms with Crippen LogP contribution in [0.5, 0.6) is 0 Å². The summed E-state index contributed by atoms with van der Waals surface area (Å²) in [7, 11) is -1.50. The molecule has 0 bridgehead atoms. The molecule has 0 aliphatic heterocycles. The van der Waals surface area contributed by atoms with Gasteiger partial charge in [0.1, 0.15) is 11.2 Å². The fraction of sp³-hybridized carbons (Fsp3) is 0.0763. The molecule has 4 aliphatic rings. The zero-order chi connectivity index (χ0) is 99.5. The number of carbonyl (C=O) groups excluding carboxylic acids is 2. The number of ketones is 2. The molecule has 0 saturated carbocycles. The molecule has 25 rings (SSSR count). The summed E-state index contributed by atoms with van der Waals surface area (Å²) < 4.78 is 3.46. The van der Waals surface area contributed by atoms with Crippen molar-refractivity contribution in [2.24, 2.45) is 0 Å². The topological polar surface area (TPSA) is 115 Å². The number of aliphatic hydroxyl groups is 2. The standard InChI is InChI=1S/C26H19BO2.C26H19ClO2.C26H17Cl.C15H13Br.C14H7ClO2.C13H9Br.C6H5Br.C4H9.CH4.Li/c28-27(29)20-15-16-23-24(17-20)26(19-11-5-2-6-12-19)22-14-8-7-13-21(22)25(23)18-9-3-1-4-10-18;27-20-15-16-23-24(17-20)26(29,19-11-5-2-6-12-19)22-14-8-7-13-21(22)25(23,28)18-9-3-1-4-10-18;27-20-15-16-23-24(17-20)26(19-11-5-2-6-12-19)22-14-8-7-13-21(22)25(23)18-9-3-1-4-10-18;1-15(2)13-6-4-3-5-11(13)12-8-7-10(16)9-14(12)15;15-8-5-6-11-12(7-8)14(17)10-4-2-1-3-9(10)13(11)16;14-11-5-6-13-10(8-11)7-9-3-1-2-4-12(9)13;7-6-4-2-1-3-5-6;1-3-4-2;;/h2*1-17,28-29H;1-17H;3-9H,1-2H3;1-7H;1-6,8H,7H2;1-5H;1,3-4H2,2H3;1H4;/q;;;;;;;-1;;+1. The molecule has 145 heavy (non-hydrogen) atoms. The molecule has 0 amide bonds. The van der Waals surface area contributed by atoms with E-state index in [0.717, 1.165) is 76.3 Å². The third-order valence-electron chi connectivity index (χ3n) is 26.7. The molecule has 14 heteroatoms. The maximum absolute atomic E-state index is 12.2. The van der Waals surface area contributed by atoms with Crippen LogP contribution in [0.1, 0.15) is 129 Å². The number of fused-ring (bicyclic) bond motifs is 14. The van der Waals surface area contributed by atoms with Gasteiger partial charge in [-0.25, -0.2) is 0 Å². The molecule has 0 radical (unpaired) electrons. The number of halogens is 6. The van der Waals surface area contributed by atoms with Crippen molar-refractivity contribution < 1.29 is 48.7 Å². The maximum atomic E-state index is 12.2. The average molecular weight is 2140 g/mol. The minimum absolute atomic E-state index is 0. The van der Waals surface area contributed by atoms with E-state index in [1.807, 2.05) is 176 Å². The minimum atomic E-state index is -1.50. The summed E-state index contributed by atoms with van der Waals surface area (Å²) in [5.41, 5.74) is 24.2. The van der Waals surface area contributed by atoms with Crippen LogP contribution in [0.25, 0.3) is 110 Å². The van der Waals surface area contributed by atoms with Gasteiger partial charge in [0.15, 0.2) is 11.6 Å². The molecule has 0 heterocycles. The Morgan fingerprint density at radius 2 is 0.607 bits per heavy atom. The summed E-state index contributed by atoms with van der Waals surface area (Å²) in [6, 6.07) is 155.